The van der Waals surface area contributed by atoms with Gasteiger partial charge in [-0.15, -0.1) is 24.0 Å². The molecule has 24 heavy (non-hydrogen) atoms. The number of aliphatic imine (C=N–C) groups is 1. The van der Waals surface area contributed by atoms with Crippen LogP contribution in [0.25, 0.3) is 0 Å². The summed E-state index contributed by atoms with van der Waals surface area (Å²) in [6, 6.07) is 10.2. The average Bonchev–Trinajstić information content (AvgIpc) is 2.54. The first-order chi connectivity index (χ1) is 11.2. The zero-order valence-electron chi connectivity index (χ0n) is 14.4. The number of anilines is 1. The average molecular weight is 461 g/mol. The van der Waals surface area contributed by atoms with Crippen molar-refractivity contribution in [2.45, 2.75) is 43.3 Å². The fraction of sp³-hybridized carbons (Fsp3) is 0.611. The number of likely N-dealkylation sites (tertiary alicyclic amines) is 1. The number of rotatable bonds is 4. The van der Waals surface area contributed by atoms with E-state index in [2.05, 4.69) is 22.3 Å². The van der Waals surface area contributed by atoms with Gasteiger partial charge < -0.3 is 10.2 Å². The first kappa shape index (κ1) is 19.7. The van der Waals surface area contributed by atoms with Crippen LogP contribution in [0.5, 0.6) is 0 Å². The highest BCUT2D eigenvalue weighted by atomic mass is 127. The second-order valence-corrected chi connectivity index (χ2v) is 8.44. The summed E-state index contributed by atoms with van der Waals surface area (Å²) in [6.07, 6.45) is 8.84. The molecule has 3 rings (SSSR count). The van der Waals surface area contributed by atoms with E-state index >= 15 is 0 Å². The van der Waals surface area contributed by atoms with Crippen LogP contribution in [-0.4, -0.2) is 45.7 Å². The topological polar surface area (TPSA) is 44.7 Å². The first-order valence-electron chi connectivity index (χ1n) is 8.65. The van der Waals surface area contributed by atoms with E-state index in [1.54, 1.807) is 0 Å². The molecule has 1 unspecified atom stereocenters. The number of piperidine rings is 1. The second kappa shape index (κ2) is 9.17. The monoisotopic (exact) mass is 461 g/mol. The second-order valence-electron chi connectivity index (χ2n) is 6.67. The lowest BCUT2D eigenvalue weighted by atomic mass is 9.84. The Morgan fingerprint density at radius 3 is 2.38 bits per heavy atom. The quantitative estimate of drug-likeness (QED) is 0.421. The maximum Gasteiger partial charge on any atom is 0.198 e. The molecule has 0 aromatic heterocycles. The zero-order valence-corrected chi connectivity index (χ0v) is 17.5. The summed E-state index contributed by atoms with van der Waals surface area (Å²) >= 11 is 0. The van der Waals surface area contributed by atoms with Gasteiger partial charge >= 0.3 is 0 Å². The molecule has 1 atom stereocenters. The van der Waals surface area contributed by atoms with E-state index in [1.165, 1.54) is 25.7 Å². The summed E-state index contributed by atoms with van der Waals surface area (Å²) in [5.41, 5.74) is 1.07. The van der Waals surface area contributed by atoms with Crippen LogP contribution in [0.2, 0.25) is 0 Å². The Morgan fingerprint density at radius 1 is 1.17 bits per heavy atom. The smallest absolute Gasteiger partial charge is 0.198 e. The van der Waals surface area contributed by atoms with Gasteiger partial charge in [0.15, 0.2) is 5.96 Å². The van der Waals surface area contributed by atoms with Crippen molar-refractivity contribution >= 4 is 46.4 Å². The van der Waals surface area contributed by atoms with E-state index in [9.17, 15) is 4.21 Å². The van der Waals surface area contributed by atoms with Crippen molar-refractivity contribution in [3.63, 3.8) is 0 Å². The largest absolute Gasteiger partial charge is 0.343 e. The van der Waals surface area contributed by atoms with Crippen LogP contribution in [-0.2, 0) is 10.8 Å². The summed E-state index contributed by atoms with van der Waals surface area (Å²) in [5.74, 6) is 0.952. The number of halogens is 1. The minimum absolute atomic E-state index is 0. The van der Waals surface area contributed by atoms with Gasteiger partial charge in [-0.1, -0.05) is 24.6 Å². The molecule has 4 nitrogen and oxygen atoms in total. The van der Waals surface area contributed by atoms with Gasteiger partial charge in [-0.2, -0.15) is 0 Å². The van der Waals surface area contributed by atoms with Crippen LogP contribution in [0.1, 0.15) is 38.5 Å². The normalized spacial score (nSPS) is 21.4. The summed E-state index contributed by atoms with van der Waals surface area (Å²) < 4.78 is 12.0. The highest BCUT2D eigenvalue weighted by molar-refractivity contribution is 14.0. The third-order valence-electron chi connectivity index (χ3n) is 5.08. The molecule has 2 fully saturated rings. The molecular formula is C18H28IN3OS. The minimum atomic E-state index is -0.803. The van der Waals surface area contributed by atoms with E-state index in [0.29, 0.717) is 6.54 Å². The standard InChI is InChI=1S/C18H27N3OS.HI/c1-23(22)18(11-8-12-18)15-19-17(21-13-6-3-7-14-21)20-16-9-4-2-5-10-16;/h2,4-5,9-10H,3,6-8,11-15H2,1H3,(H,19,20);1H. The molecule has 134 valence electrons. The molecule has 1 aliphatic carbocycles. The number of hydrogen-bond donors (Lipinski definition) is 1. The maximum absolute atomic E-state index is 12.1. The van der Waals surface area contributed by atoms with Crippen molar-refractivity contribution in [2.24, 2.45) is 4.99 Å². The van der Waals surface area contributed by atoms with Crippen molar-refractivity contribution in [3.05, 3.63) is 30.3 Å². The predicted molar refractivity (Wildman–Crippen MR) is 114 cm³/mol. The lowest BCUT2D eigenvalue weighted by Crippen LogP contribution is -2.46. The highest BCUT2D eigenvalue weighted by Gasteiger charge is 2.41. The summed E-state index contributed by atoms with van der Waals surface area (Å²) in [5, 5.41) is 3.49. The molecule has 1 N–H and O–H groups in total. The molecule has 6 heteroatoms. The zero-order chi connectivity index (χ0) is 16.1. The SMILES string of the molecule is CS(=O)C1(CN=C(Nc2ccccc2)N2CCCCC2)CCC1.I. The molecule has 1 aromatic carbocycles. The Morgan fingerprint density at radius 2 is 1.83 bits per heavy atom. The van der Waals surface area contributed by atoms with Crippen molar-refractivity contribution in [2.75, 3.05) is 31.2 Å². The lowest BCUT2D eigenvalue weighted by molar-refractivity contribution is 0.333. The number of hydrogen-bond acceptors (Lipinski definition) is 2. The van der Waals surface area contributed by atoms with Crippen molar-refractivity contribution in [3.8, 4) is 0 Å². The summed E-state index contributed by atoms with van der Waals surface area (Å²) in [7, 11) is -0.803. The van der Waals surface area contributed by atoms with Gasteiger partial charge in [0.25, 0.3) is 0 Å². The number of para-hydroxylation sites is 1. The summed E-state index contributed by atoms with van der Waals surface area (Å²) in [6.45, 7) is 2.78. The Labute approximate surface area is 165 Å². The van der Waals surface area contributed by atoms with E-state index < -0.39 is 10.8 Å². The number of guanidine groups is 1. The van der Waals surface area contributed by atoms with E-state index in [4.69, 9.17) is 4.99 Å². The highest BCUT2D eigenvalue weighted by Crippen LogP contribution is 2.37. The molecule has 1 heterocycles. The maximum atomic E-state index is 12.1. The van der Waals surface area contributed by atoms with Crippen LogP contribution < -0.4 is 5.32 Å². The van der Waals surface area contributed by atoms with Crippen molar-refractivity contribution < 1.29 is 4.21 Å². The molecule has 1 saturated heterocycles. The lowest BCUT2D eigenvalue weighted by Gasteiger charge is -2.39. The Hall–Kier alpha value is -0.630. The van der Waals surface area contributed by atoms with Gasteiger partial charge in [0, 0.05) is 35.8 Å². The number of benzene rings is 1. The van der Waals surface area contributed by atoms with Crippen molar-refractivity contribution in [1.29, 1.82) is 0 Å². The molecule has 0 spiro atoms. The van der Waals surface area contributed by atoms with Gasteiger partial charge in [0.2, 0.25) is 0 Å². The molecule has 1 saturated carbocycles. The van der Waals surface area contributed by atoms with Crippen LogP contribution in [0.15, 0.2) is 35.3 Å². The third kappa shape index (κ3) is 4.71. The molecule has 2 aliphatic rings. The Balaban J connectivity index is 0.00000208. The van der Waals surface area contributed by atoms with Crippen molar-refractivity contribution in [1.82, 2.24) is 4.90 Å². The minimum Gasteiger partial charge on any atom is -0.343 e. The first-order valence-corrected chi connectivity index (χ1v) is 10.2. The van der Waals surface area contributed by atoms with Gasteiger partial charge in [0.05, 0.1) is 11.3 Å². The van der Waals surface area contributed by atoms with E-state index in [-0.39, 0.29) is 28.7 Å². The Kier molecular flexibility index (Phi) is 7.53. The Bertz CT molecular complexity index is 569. The molecule has 1 aliphatic heterocycles. The van der Waals surface area contributed by atoms with Crippen LogP contribution in [0, 0.1) is 0 Å². The molecule has 1 aromatic rings. The number of nitrogens with zero attached hydrogens (tertiary/aromatic N) is 2. The third-order valence-corrected chi connectivity index (χ3v) is 6.83. The molecular weight excluding hydrogens is 433 g/mol. The van der Waals surface area contributed by atoms with Gasteiger partial charge in [-0.05, 0) is 44.2 Å². The molecule has 0 amide bonds. The fourth-order valence-electron chi connectivity index (χ4n) is 3.30. The van der Waals surface area contributed by atoms with E-state index in [1.807, 2.05) is 24.5 Å². The van der Waals surface area contributed by atoms with Crippen LogP contribution in [0.3, 0.4) is 0 Å². The molecule has 0 radical (unpaired) electrons. The van der Waals surface area contributed by atoms with Gasteiger partial charge in [-0.25, -0.2) is 0 Å². The summed E-state index contributed by atoms with van der Waals surface area (Å²) in [4.78, 5) is 7.25. The fourth-order valence-corrected chi connectivity index (χ4v) is 4.41. The number of nitrogens with one attached hydrogen (secondary N) is 1. The van der Waals surface area contributed by atoms with E-state index in [0.717, 1.165) is 37.6 Å². The molecule has 0 bridgehead atoms. The van der Waals surface area contributed by atoms with Crippen LogP contribution in [0.4, 0.5) is 5.69 Å². The van der Waals surface area contributed by atoms with Gasteiger partial charge in [0.1, 0.15) is 0 Å². The predicted octanol–water partition coefficient (Wildman–Crippen LogP) is 3.86. The van der Waals surface area contributed by atoms with Crippen LogP contribution >= 0.6 is 24.0 Å². The van der Waals surface area contributed by atoms with Gasteiger partial charge in [-0.3, -0.25) is 9.20 Å².